The van der Waals surface area contributed by atoms with Crippen LogP contribution >= 0.6 is 0 Å². The van der Waals surface area contributed by atoms with Gasteiger partial charge in [-0.2, -0.15) is 0 Å². The molecule has 110 valence electrons. The minimum Gasteiger partial charge on any atom is -0.495 e. The predicted molar refractivity (Wildman–Crippen MR) is 78.5 cm³/mol. The number of carboxylic acid groups (broad SMARTS) is 1. The molecule has 0 bridgehead atoms. The summed E-state index contributed by atoms with van der Waals surface area (Å²) < 4.78 is 15.7. The molecule has 0 heterocycles. The molecule has 0 amide bonds. The Kier molecular flexibility index (Phi) is 4.33. The summed E-state index contributed by atoms with van der Waals surface area (Å²) in [5.41, 5.74) is 1.41. The molecule has 0 unspecified atom stereocenters. The lowest BCUT2D eigenvalue weighted by molar-refractivity contribution is 0.0689. The topological polar surface area (TPSA) is 65.0 Å². The number of carbonyl (C=O) groups is 1. The molecule has 5 heteroatoms. The molecule has 0 fully saturated rings. The predicted octanol–water partition coefficient (Wildman–Crippen LogP) is 3.08. The van der Waals surface area contributed by atoms with Crippen molar-refractivity contribution in [3.63, 3.8) is 0 Å². The second-order valence-corrected chi connectivity index (χ2v) is 4.24. The van der Waals surface area contributed by atoms with E-state index in [1.54, 1.807) is 6.07 Å². The van der Waals surface area contributed by atoms with Crippen molar-refractivity contribution in [1.29, 1.82) is 0 Å². The van der Waals surface area contributed by atoms with E-state index in [4.69, 9.17) is 14.2 Å². The number of hydrogen-bond donors (Lipinski definition) is 1. The number of hydrogen-bond acceptors (Lipinski definition) is 4. The minimum atomic E-state index is -1.14. The van der Waals surface area contributed by atoms with Gasteiger partial charge in [0.25, 0.3) is 0 Å². The van der Waals surface area contributed by atoms with E-state index in [9.17, 15) is 9.90 Å². The van der Waals surface area contributed by atoms with Crippen molar-refractivity contribution in [1.82, 2.24) is 0 Å². The molecule has 2 aromatic rings. The maximum atomic E-state index is 11.6. The Morgan fingerprint density at radius 1 is 0.952 bits per heavy atom. The number of carboxylic acids is 1. The van der Waals surface area contributed by atoms with Gasteiger partial charge in [-0.05, 0) is 11.6 Å². The number of aromatic carboxylic acids is 1. The zero-order valence-electron chi connectivity index (χ0n) is 12.0. The van der Waals surface area contributed by atoms with E-state index >= 15 is 0 Å². The number of methoxy groups -OCH3 is 3. The Balaban J connectivity index is 2.83. The van der Waals surface area contributed by atoms with Crippen molar-refractivity contribution in [3.8, 4) is 28.4 Å². The van der Waals surface area contributed by atoms with E-state index in [0.29, 0.717) is 11.3 Å². The van der Waals surface area contributed by atoms with Gasteiger partial charge in [0, 0.05) is 5.56 Å². The Morgan fingerprint density at radius 2 is 1.57 bits per heavy atom. The molecule has 21 heavy (non-hydrogen) atoms. The largest absolute Gasteiger partial charge is 0.495 e. The van der Waals surface area contributed by atoms with Crippen LogP contribution in [0.1, 0.15) is 10.4 Å². The van der Waals surface area contributed by atoms with Crippen LogP contribution in [-0.2, 0) is 0 Å². The lowest BCUT2D eigenvalue weighted by Gasteiger charge is -2.17. The summed E-state index contributed by atoms with van der Waals surface area (Å²) in [4.78, 5) is 11.6. The van der Waals surface area contributed by atoms with Crippen LogP contribution in [0.15, 0.2) is 36.4 Å². The highest BCUT2D eigenvalue weighted by Gasteiger charge is 2.26. The molecule has 0 saturated carbocycles. The Morgan fingerprint density at radius 3 is 2.05 bits per heavy atom. The lowest BCUT2D eigenvalue weighted by Crippen LogP contribution is -2.07. The van der Waals surface area contributed by atoms with Crippen LogP contribution in [0.25, 0.3) is 11.1 Å². The van der Waals surface area contributed by atoms with Crippen molar-refractivity contribution in [3.05, 3.63) is 42.0 Å². The number of ether oxygens (including phenoxy) is 3. The van der Waals surface area contributed by atoms with Gasteiger partial charge in [0.05, 0.1) is 21.3 Å². The summed E-state index contributed by atoms with van der Waals surface area (Å²) in [6, 6.07) is 11.1. The Labute approximate surface area is 122 Å². The average molecular weight is 288 g/mol. The Bertz CT molecular complexity index is 649. The normalized spacial score (nSPS) is 10.0. The molecule has 0 aliphatic carbocycles. The zero-order valence-corrected chi connectivity index (χ0v) is 12.0. The minimum absolute atomic E-state index is 0.0572. The molecule has 1 N–H and O–H groups in total. The van der Waals surface area contributed by atoms with Crippen LogP contribution in [0.5, 0.6) is 17.2 Å². The fourth-order valence-electron chi connectivity index (χ4n) is 2.22. The maximum absolute atomic E-state index is 11.6. The Hall–Kier alpha value is -2.69. The van der Waals surface area contributed by atoms with Crippen LogP contribution in [0, 0.1) is 0 Å². The van der Waals surface area contributed by atoms with Crippen LogP contribution in [0.3, 0.4) is 0 Å². The molecule has 2 rings (SSSR count). The summed E-state index contributed by atoms with van der Waals surface area (Å²) in [7, 11) is 4.29. The van der Waals surface area contributed by atoms with Crippen molar-refractivity contribution in [2.45, 2.75) is 0 Å². The van der Waals surface area contributed by atoms with E-state index in [1.807, 2.05) is 30.3 Å². The van der Waals surface area contributed by atoms with Crippen LogP contribution in [0.2, 0.25) is 0 Å². The third-order valence-corrected chi connectivity index (χ3v) is 3.12. The van der Waals surface area contributed by atoms with E-state index in [-0.39, 0.29) is 17.1 Å². The second kappa shape index (κ2) is 6.17. The van der Waals surface area contributed by atoms with Crippen molar-refractivity contribution in [2.75, 3.05) is 21.3 Å². The van der Waals surface area contributed by atoms with Crippen molar-refractivity contribution in [2.24, 2.45) is 0 Å². The molecule has 5 nitrogen and oxygen atoms in total. The van der Waals surface area contributed by atoms with Crippen LogP contribution in [0.4, 0.5) is 0 Å². The fourth-order valence-corrected chi connectivity index (χ4v) is 2.22. The highest BCUT2D eigenvalue weighted by atomic mass is 16.5. The van der Waals surface area contributed by atoms with Crippen molar-refractivity contribution < 1.29 is 24.1 Å². The van der Waals surface area contributed by atoms with Crippen LogP contribution < -0.4 is 14.2 Å². The first-order valence-corrected chi connectivity index (χ1v) is 6.25. The first kappa shape index (κ1) is 14.7. The van der Waals surface area contributed by atoms with Crippen molar-refractivity contribution >= 4 is 5.97 Å². The van der Waals surface area contributed by atoms with E-state index < -0.39 is 5.97 Å². The SMILES string of the molecule is COc1cc(-c2ccccc2)c(OC)c(C(=O)O)c1OC. The zero-order chi connectivity index (χ0) is 15.4. The molecular weight excluding hydrogens is 272 g/mol. The van der Waals surface area contributed by atoms with Gasteiger partial charge >= 0.3 is 5.97 Å². The molecule has 2 aromatic carbocycles. The van der Waals surface area contributed by atoms with Gasteiger partial charge in [-0.1, -0.05) is 30.3 Å². The van der Waals surface area contributed by atoms with Gasteiger partial charge in [0.2, 0.25) is 0 Å². The number of benzene rings is 2. The van der Waals surface area contributed by atoms with Gasteiger partial charge in [-0.25, -0.2) is 4.79 Å². The molecule has 0 saturated heterocycles. The molecular formula is C16H16O5. The van der Waals surface area contributed by atoms with E-state index in [1.165, 1.54) is 21.3 Å². The molecule has 0 aromatic heterocycles. The van der Waals surface area contributed by atoms with Gasteiger partial charge < -0.3 is 19.3 Å². The third-order valence-electron chi connectivity index (χ3n) is 3.12. The summed E-state index contributed by atoms with van der Waals surface area (Å²) in [5.74, 6) is -0.415. The van der Waals surface area contributed by atoms with E-state index in [2.05, 4.69) is 0 Å². The summed E-state index contributed by atoms with van der Waals surface area (Å²) >= 11 is 0. The van der Waals surface area contributed by atoms with Gasteiger partial charge in [-0.3, -0.25) is 0 Å². The van der Waals surface area contributed by atoms with Crippen LogP contribution in [-0.4, -0.2) is 32.4 Å². The van der Waals surface area contributed by atoms with Gasteiger partial charge in [-0.15, -0.1) is 0 Å². The first-order chi connectivity index (χ1) is 10.1. The quantitative estimate of drug-likeness (QED) is 0.916. The second-order valence-electron chi connectivity index (χ2n) is 4.24. The summed E-state index contributed by atoms with van der Waals surface area (Å²) in [6.07, 6.45) is 0. The summed E-state index contributed by atoms with van der Waals surface area (Å²) in [5, 5.41) is 9.48. The van der Waals surface area contributed by atoms with E-state index in [0.717, 1.165) is 5.56 Å². The number of rotatable bonds is 5. The summed E-state index contributed by atoms with van der Waals surface area (Å²) in [6.45, 7) is 0. The third kappa shape index (κ3) is 2.63. The standard InChI is InChI=1S/C16H16O5/c1-19-12-9-11(10-7-5-4-6-8-10)14(20-2)13(16(17)18)15(12)21-3/h4-9H,1-3H3,(H,17,18). The monoisotopic (exact) mass is 288 g/mol. The molecule has 0 radical (unpaired) electrons. The fraction of sp³-hybridized carbons (Fsp3) is 0.188. The highest BCUT2D eigenvalue weighted by molar-refractivity contribution is 5.99. The average Bonchev–Trinajstić information content (AvgIpc) is 2.53. The smallest absolute Gasteiger partial charge is 0.343 e. The molecule has 0 atom stereocenters. The maximum Gasteiger partial charge on any atom is 0.343 e. The van der Waals surface area contributed by atoms with Gasteiger partial charge in [0.1, 0.15) is 11.3 Å². The molecule has 0 aliphatic heterocycles. The molecule has 0 aliphatic rings. The first-order valence-electron chi connectivity index (χ1n) is 6.25. The van der Waals surface area contributed by atoms with Gasteiger partial charge in [0.15, 0.2) is 11.5 Å². The molecule has 0 spiro atoms. The lowest BCUT2D eigenvalue weighted by atomic mass is 9.99. The highest BCUT2D eigenvalue weighted by Crippen LogP contribution is 2.44.